The Labute approximate surface area is 118 Å². The number of methoxy groups -OCH3 is 1. The van der Waals surface area contributed by atoms with Crippen molar-refractivity contribution in [3.63, 3.8) is 0 Å². The zero-order valence-corrected chi connectivity index (χ0v) is 11.8. The molecule has 1 amide bonds. The van der Waals surface area contributed by atoms with Gasteiger partial charge in [-0.3, -0.25) is 4.79 Å². The highest BCUT2D eigenvalue weighted by atomic mass is 35.5. The van der Waals surface area contributed by atoms with E-state index in [1.807, 2.05) is 12.1 Å². The molecular formula is C14H19ClN2O2. The molecule has 1 aromatic rings. The van der Waals surface area contributed by atoms with Crippen LogP contribution in [-0.4, -0.2) is 26.1 Å². The number of benzene rings is 1. The number of carbonyl (C=O) groups is 1. The smallest absolute Gasteiger partial charge is 0.234 e. The van der Waals surface area contributed by atoms with Gasteiger partial charge in [0.1, 0.15) is 5.75 Å². The van der Waals surface area contributed by atoms with Gasteiger partial charge in [-0.1, -0.05) is 17.7 Å². The number of halogens is 1. The first-order valence-corrected chi connectivity index (χ1v) is 6.87. The molecule has 0 bridgehead atoms. The second-order valence-electron chi connectivity index (χ2n) is 4.77. The van der Waals surface area contributed by atoms with Gasteiger partial charge < -0.3 is 15.4 Å². The second-order valence-corrected chi connectivity index (χ2v) is 5.18. The standard InChI is InChI=1S/C14H19ClN2O2/c1-19-13-4-2-3-12(15)11(13)8-17-14(18)9-16-7-10-5-6-10/h2-4,10,16H,5-9H2,1H3,(H,17,18). The fourth-order valence-electron chi connectivity index (χ4n) is 1.86. The van der Waals surface area contributed by atoms with E-state index in [2.05, 4.69) is 10.6 Å². The van der Waals surface area contributed by atoms with Gasteiger partial charge >= 0.3 is 0 Å². The molecule has 0 saturated heterocycles. The van der Waals surface area contributed by atoms with Crippen LogP contribution in [0.1, 0.15) is 18.4 Å². The summed E-state index contributed by atoms with van der Waals surface area (Å²) in [6.07, 6.45) is 2.57. The Balaban J connectivity index is 1.78. The number of nitrogens with one attached hydrogen (secondary N) is 2. The highest BCUT2D eigenvalue weighted by molar-refractivity contribution is 6.31. The van der Waals surface area contributed by atoms with E-state index < -0.39 is 0 Å². The maximum atomic E-state index is 11.7. The Kier molecular flexibility index (Phi) is 5.05. The molecule has 2 N–H and O–H groups in total. The van der Waals surface area contributed by atoms with Crippen LogP contribution in [0.25, 0.3) is 0 Å². The van der Waals surface area contributed by atoms with E-state index in [4.69, 9.17) is 16.3 Å². The van der Waals surface area contributed by atoms with Crippen molar-refractivity contribution >= 4 is 17.5 Å². The van der Waals surface area contributed by atoms with E-state index in [0.29, 0.717) is 23.9 Å². The molecule has 0 aliphatic heterocycles. The molecule has 1 aromatic carbocycles. The average molecular weight is 283 g/mol. The van der Waals surface area contributed by atoms with Crippen molar-refractivity contribution in [1.29, 1.82) is 0 Å². The highest BCUT2D eigenvalue weighted by Gasteiger charge is 2.20. The van der Waals surface area contributed by atoms with Crippen LogP contribution in [0.3, 0.4) is 0 Å². The maximum absolute atomic E-state index is 11.7. The van der Waals surface area contributed by atoms with Gasteiger partial charge in [-0.25, -0.2) is 0 Å². The summed E-state index contributed by atoms with van der Waals surface area (Å²) < 4.78 is 5.23. The fraction of sp³-hybridized carbons (Fsp3) is 0.500. The van der Waals surface area contributed by atoms with Crippen molar-refractivity contribution in [1.82, 2.24) is 10.6 Å². The molecule has 2 rings (SSSR count). The minimum atomic E-state index is -0.0253. The topological polar surface area (TPSA) is 50.4 Å². The monoisotopic (exact) mass is 282 g/mol. The normalized spacial score (nSPS) is 14.2. The molecular weight excluding hydrogens is 264 g/mol. The molecule has 1 saturated carbocycles. The number of amides is 1. The third-order valence-electron chi connectivity index (χ3n) is 3.17. The van der Waals surface area contributed by atoms with Crippen molar-refractivity contribution in [2.24, 2.45) is 5.92 Å². The zero-order valence-electron chi connectivity index (χ0n) is 11.0. The van der Waals surface area contributed by atoms with E-state index in [1.54, 1.807) is 13.2 Å². The molecule has 19 heavy (non-hydrogen) atoms. The fourth-order valence-corrected chi connectivity index (χ4v) is 2.10. The van der Waals surface area contributed by atoms with Gasteiger partial charge in [0, 0.05) is 17.1 Å². The third kappa shape index (κ3) is 4.40. The lowest BCUT2D eigenvalue weighted by Crippen LogP contribution is -2.34. The van der Waals surface area contributed by atoms with E-state index in [9.17, 15) is 4.79 Å². The van der Waals surface area contributed by atoms with Crippen LogP contribution in [0.5, 0.6) is 5.75 Å². The molecule has 4 nitrogen and oxygen atoms in total. The van der Waals surface area contributed by atoms with Gasteiger partial charge in [0.15, 0.2) is 0 Å². The minimum absolute atomic E-state index is 0.0253. The summed E-state index contributed by atoms with van der Waals surface area (Å²) in [5.74, 6) is 1.44. The Morgan fingerprint density at radius 1 is 1.47 bits per heavy atom. The summed E-state index contributed by atoms with van der Waals surface area (Å²) in [6.45, 7) is 1.67. The SMILES string of the molecule is COc1cccc(Cl)c1CNC(=O)CNCC1CC1. The van der Waals surface area contributed by atoms with E-state index in [1.165, 1.54) is 12.8 Å². The highest BCUT2D eigenvalue weighted by Crippen LogP contribution is 2.27. The predicted octanol–water partition coefficient (Wildman–Crippen LogP) is 1.96. The van der Waals surface area contributed by atoms with Gasteiger partial charge in [0.2, 0.25) is 5.91 Å². The summed E-state index contributed by atoms with van der Waals surface area (Å²) in [7, 11) is 1.59. The van der Waals surface area contributed by atoms with Crippen molar-refractivity contribution < 1.29 is 9.53 Å². The molecule has 1 fully saturated rings. The second kappa shape index (κ2) is 6.78. The Morgan fingerprint density at radius 2 is 2.26 bits per heavy atom. The number of rotatable bonds is 7. The summed E-state index contributed by atoms with van der Waals surface area (Å²) in [5.41, 5.74) is 0.808. The van der Waals surface area contributed by atoms with Gasteiger partial charge in [0.25, 0.3) is 0 Å². The molecule has 0 spiro atoms. The Morgan fingerprint density at radius 3 is 2.95 bits per heavy atom. The first-order chi connectivity index (χ1) is 9.20. The number of carbonyl (C=O) groups excluding carboxylic acids is 1. The number of ether oxygens (including phenoxy) is 1. The predicted molar refractivity (Wildman–Crippen MR) is 75.4 cm³/mol. The molecule has 0 atom stereocenters. The van der Waals surface area contributed by atoms with Gasteiger partial charge in [0.05, 0.1) is 13.7 Å². The Hall–Kier alpha value is -1.26. The van der Waals surface area contributed by atoms with Crippen LogP contribution >= 0.6 is 11.6 Å². The molecule has 5 heteroatoms. The maximum Gasteiger partial charge on any atom is 0.234 e. The first-order valence-electron chi connectivity index (χ1n) is 6.49. The quantitative estimate of drug-likeness (QED) is 0.804. The van der Waals surface area contributed by atoms with Gasteiger partial charge in [-0.2, -0.15) is 0 Å². The lowest BCUT2D eigenvalue weighted by Gasteiger charge is -2.11. The average Bonchev–Trinajstić information content (AvgIpc) is 3.21. The van der Waals surface area contributed by atoms with Crippen LogP contribution in [0, 0.1) is 5.92 Å². The van der Waals surface area contributed by atoms with Crippen molar-refractivity contribution in [2.45, 2.75) is 19.4 Å². The van der Waals surface area contributed by atoms with Crippen LogP contribution in [0.4, 0.5) is 0 Å². The molecule has 1 aliphatic rings. The minimum Gasteiger partial charge on any atom is -0.496 e. The van der Waals surface area contributed by atoms with E-state index in [0.717, 1.165) is 18.0 Å². The first kappa shape index (κ1) is 14.2. The molecule has 0 radical (unpaired) electrons. The van der Waals surface area contributed by atoms with Gasteiger partial charge in [-0.15, -0.1) is 0 Å². The van der Waals surface area contributed by atoms with Crippen LogP contribution in [-0.2, 0) is 11.3 Å². The van der Waals surface area contributed by atoms with Crippen molar-refractivity contribution in [2.75, 3.05) is 20.2 Å². The molecule has 104 valence electrons. The van der Waals surface area contributed by atoms with Gasteiger partial charge in [-0.05, 0) is 37.4 Å². The summed E-state index contributed by atoms with van der Waals surface area (Å²) >= 11 is 6.10. The lowest BCUT2D eigenvalue weighted by atomic mass is 10.2. The van der Waals surface area contributed by atoms with Crippen LogP contribution in [0.15, 0.2) is 18.2 Å². The van der Waals surface area contributed by atoms with Crippen molar-refractivity contribution in [3.05, 3.63) is 28.8 Å². The van der Waals surface area contributed by atoms with E-state index in [-0.39, 0.29) is 5.91 Å². The zero-order chi connectivity index (χ0) is 13.7. The third-order valence-corrected chi connectivity index (χ3v) is 3.53. The number of hydrogen-bond donors (Lipinski definition) is 2. The summed E-state index contributed by atoms with van der Waals surface area (Å²) in [6, 6.07) is 5.44. The van der Waals surface area contributed by atoms with Crippen LogP contribution in [0.2, 0.25) is 5.02 Å². The van der Waals surface area contributed by atoms with Crippen molar-refractivity contribution in [3.8, 4) is 5.75 Å². The van der Waals surface area contributed by atoms with E-state index >= 15 is 0 Å². The summed E-state index contributed by atoms with van der Waals surface area (Å²) in [4.78, 5) is 11.7. The van der Waals surface area contributed by atoms with Crippen LogP contribution < -0.4 is 15.4 Å². The lowest BCUT2D eigenvalue weighted by molar-refractivity contribution is -0.120. The molecule has 1 aliphatic carbocycles. The largest absolute Gasteiger partial charge is 0.496 e. The molecule has 0 unspecified atom stereocenters. The summed E-state index contributed by atoms with van der Waals surface area (Å²) in [5, 5.41) is 6.60. The number of hydrogen-bond acceptors (Lipinski definition) is 3. The molecule has 0 aromatic heterocycles. The Bertz CT molecular complexity index is 447. The molecule has 0 heterocycles.